The molecule has 0 radical (unpaired) electrons. The molecule has 0 saturated carbocycles. The minimum absolute atomic E-state index is 0.0900. The number of hydrogen-bond donors (Lipinski definition) is 2. The van der Waals surface area contributed by atoms with Crippen molar-refractivity contribution >= 4 is 35.0 Å². The van der Waals surface area contributed by atoms with Crippen LogP contribution in [0.15, 0.2) is 60.8 Å². The van der Waals surface area contributed by atoms with E-state index in [1.54, 1.807) is 48.5 Å². The predicted molar refractivity (Wildman–Crippen MR) is 107 cm³/mol. The summed E-state index contributed by atoms with van der Waals surface area (Å²) in [5.41, 5.74) is 2.21. The number of hydrogen-bond acceptors (Lipinski definition) is 7. The number of carbonyl (C=O) groups is 3. The summed E-state index contributed by atoms with van der Waals surface area (Å²) in [7, 11) is 1.31. The Morgan fingerprint density at radius 2 is 1.69 bits per heavy atom. The molecule has 0 spiro atoms. The summed E-state index contributed by atoms with van der Waals surface area (Å²) in [5, 5.41) is 5.68. The second-order valence-corrected chi connectivity index (χ2v) is 6.05. The van der Waals surface area contributed by atoms with Crippen LogP contribution in [0.3, 0.4) is 0 Å². The molecule has 0 aliphatic carbocycles. The predicted octanol–water partition coefficient (Wildman–Crippen LogP) is 3.46. The van der Waals surface area contributed by atoms with E-state index in [4.69, 9.17) is 0 Å². The van der Waals surface area contributed by atoms with Crippen LogP contribution in [0.1, 0.15) is 38.1 Å². The lowest BCUT2D eigenvalue weighted by Gasteiger charge is -2.08. The molecule has 0 atom stereocenters. The Morgan fingerprint density at radius 1 is 0.931 bits per heavy atom. The van der Waals surface area contributed by atoms with Gasteiger partial charge < -0.3 is 15.4 Å². The largest absolute Gasteiger partial charge is 0.465 e. The molecular weight excluding hydrogens is 372 g/mol. The van der Waals surface area contributed by atoms with Crippen molar-refractivity contribution in [3.63, 3.8) is 0 Å². The van der Waals surface area contributed by atoms with Gasteiger partial charge in [0.25, 0.3) is 5.91 Å². The molecule has 0 bridgehead atoms. The highest BCUT2D eigenvalue weighted by Crippen LogP contribution is 2.16. The quantitative estimate of drug-likeness (QED) is 0.490. The second kappa shape index (κ2) is 8.75. The molecule has 29 heavy (non-hydrogen) atoms. The van der Waals surface area contributed by atoms with Crippen molar-refractivity contribution in [2.45, 2.75) is 6.92 Å². The molecule has 1 aromatic heterocycles. The van der Waals surface area contributed by atoms with Crippen LogP contribution in [0.5, 0.6) is 0 Å². The van der Waals surface area contributed by atoms with Gasteiger partial charge in [-0.25, -0.2) is 14.8 Å². The van der Waals surface area contributed by atoms with Crippen molar-refractivity contribution in [1.82, 2.24) is 9.97 Å². The zero-order chi connectivity index (χ0) is 20.8. The van der Waals surface area contributed by atoms with Crippen molar-refractivity contribution in [2.24, 2.45) is 0 Å². The van der Waals surface area contributed by atoms with Crippen LogP contribution >= 0.6 is 0 Å². The molecule has 2 aromatic carbocycles. The third kappa shape index (κ3) is 5.01. The number of ether oxygens (including phenoxy) is 1. The van der Waals surface area contributed by atoms with E-state index in [9.17, 15) is 14.4 Å². The number of amides is 1. The minimum atomic E-state index is -0.433. The maximum absolute atomic E-state index is 12.5. The van der Waals surface area contributed by atoms with E-state index in [1.807, 2.05) is 0 Å². The standard InChI is InChI=1S/C21H18N4O4/c1-13(26)15-4-3-5-17(12-15)23-19(27)18-10-11-22-21(25-18)24-16-8-6-14(7-9-16)20(28)29-2/h3-12H,1-2H3,(H,23,27)(H,22,24,25). The lowest BCUT2D eigenvalue weighted by Crippen LogP contribution is -2.15. The highest BCUT2D eigenvalue weighted by molar-refractivity contribution is 6.04. The average molecular weight is 390 g/mol. The maximum atomic E-state index is 12.5. The summed E-state index contributed by atoms with van der Waals surface area (Å²) in [4.78, 5) is 43.7. The molecule has 1 amide bonds. The van der Waals surface area contributed by atoms with E-state index < -0.39 is 11.9 Å². The number of Topliss-reactive ketones (excluding diaryl/α,β-unsaturated/α-hetero) is 1. The van der Waals surface area contributed by atoms with Crippen LogP contribution in [0.2, 0.25) is 0 Å². The van der Waals surface area contributed by atoms with E-state index in [0.29, 0.717) is 22.5 Å². The molecule has 0 unspecified atom stereocenters. The van der Waals surface area contributed by atoms with E-state index in [0.717, 1.165) is 0 Å². The number of anilines is 3. The Labute approximate surface area is 167 Å². The first kappa shape index (κ1) is 19.7. The number of methoxy groups -OCH3 is 1. The number of nitrogens with one attached hydrogen (secondary N) is 2. The molecule has 8 heteroatoms. The molecule has 0 aliphatic heterocycles. The van der Waals surface area contributed by atoms with Gasteiger partial charge in [0.2, 0.25) is 5.95 Å². The lowest BCUT2D eigenvalue weighted by molar-refractivity contribution is 0.0600. The van der Waals surface area contributed by atoms with Gasteiger partial charge in [-0.15, -0.1) is 0 Å². The lowest BCUT2D eigenvalue weighted by atomic mass is 10.1. The fourth-order valence-electron chi connectivity index (χ4n) is 2.49. The topological polar surface area (TPSA) is 110 Å². The van der Waals surface area contributed by atoms with Crippen LogP contribution < -0.4 is 10.6 Å². The van der Waals surface area contributed by atoms with Crippen molar-refractivity contribution in [2.75, 3.05) is 17.7 Å². The summed E-state index contributed by atoms with van der Waals surface area (Å²) in [6.07, 6.45) is 1.46. The summed E-state index contributed by atoms with van der Waals surface area (Å²) in [6.45, 7) is 1.46. The summed E-state index contributed by atoms with van der Waals surface area (Å²) in [5.74, 6) is -0.730. The molecule has 1 heterocycles. The van der Waals surface area contributed by atoms with Crippen LogP contribution in [-0.4, -0.2) is 34.7 Å². The zero-order valence-corrected chi connectivity index (χ0v) is 15.8. The third-order valence-electron chi connectivity index (χ3n) is 3.98. The number of carbonyl (C=O) groups excluding carboxylic acids is 3. The monoisotopic (exact) mass is 390 g/mol. The minimum Gasteiger partial charge on any atom is -0.465 e. The Morgan fingerprint density at radius 3 is 2.38 bits per heavy atom. The van der Waals surface area contributed by atoms with Crippen molar-refractivity contribution in [3.05, 3.63) is 77.6 Å². The molecule has 0 fully saturated rings. The van der Waals surface area contributed by atoms with E-state index >= 15 is 0 Å². The van der Waals surface area contributed by atoms with Crippen molar-refractivity contribution < 1.29 is 19.1 Å². The van der Waals surface area contributed by atoms with Crippen LogP contribution in [0, 0.1) is 0 Å². The van der Waals surface area contributed by atoms with E-state index in [-0.39, 0.29) is 17.4 Å². The number of benzene rings is 2. The van der Waals surface area contributed by atoms with Crippen LogP contribution in [0.4, 0.5) is 17.3 Å². The van der Waals surface area contributed by atoms with Crippen molar-refractivity contribution in [3.8, 4) is 0 Å². The van der Waals surface area contributed by atoms with Crippen LogP contribution in [0.25, 0.3) is 0 Å². The first-order valence-electron chi connectivity index (χ1n) is 8.67. The van der Waals surface area contributed by atoms with Gasteiger partial charge in [-0.3, -0.25) is 9.59 Å². The first-order valence-corrected chi connectivity index (χ1v) is 8.67. The van der Waals surface area contributed by atoms with Gasteiger partial charge in [-0.05, 0) is 49.4 Å². The summed E-state index contributed by atoms with van der Waals surface area (Å²) in [6, 6.07) is 14.7. The molecule has 0 saturated heterocycles. The molecule has 146 valence electrons. The highest BCUT2D eigenvalue weighted by Gasteiger charge is 2.11. The van der Waals surface area contributed by atoms with Crippen molar-refractivity contribution in [1.29, 1.82) is 0 Å². The van der Waals surface area contributed by atoms with Gasteiger partial charge in [0.05, 0.1) is 12.7 Å². The molecule has 2 N–H and O–H groups in total. The van der Waals surface area contributed by atoms with Gasteiger partial charge in [0, 0.05) is 23.1 Å². The second-order valence-electron chi connectivity index (χ2n) is 6.05. The smallest absolute Gasteiger partial charge is 0.337 e. The first-order chi connectivity index (χ1) is 14.0. The maximum Gasteiger partial charge on any atom is 0.337 e. The molecule has 0 aliphatic rings. The van der Waals surface area contributed by atoms with Gasteiger partial charge >= 0.3 is 5.97 Å². The van der Waals surface area contributed by atoms with Gasteiger partial charge in [0.15, 0.2) is 5.78 Å². The van der Waals surface area contributed by atoms with Gasteiger partial charge in [0.1, 0.15) is 5.69 Å². The highest BCUT2D eigenvalue weighted by atomic mass is 16.5. The fraction of sp³-hybridized carbons (Fsp3) is 0.0952. The number of nitrogens with zero attached hydrogens (tertiary/aromatic N) is 2. The average Bonchev–Trinajstić information content (AvgIpc) is 2.74. The Balaban J connectivity index is 1.72. The fourth-order valence-corrected chi connectivity index (χ4v) is 2.49. The number of aromatic nitrogens is 2. The Bertz CT molecular complexity index is 1060. The van der Waals surface area contributed by atoms with Crippen LogP contribution in [-0.2, 0) is 4.74 Å². The molecule has 8 nitrogen and oxygen atoms in total. The van der Waals surface area contributed by atoms with Gasteiger partial charge in [-0.2, -0.15) is 0 Å². The molecule has 3 rings (SSSR count). The Kier molecular flexibility index (Phi) is 5.94. The Hall–Kier alpha value is -4.07. The number of ketones is 1. The van der Waals surface area contributed by atoms with Gasteiger partial charge in [-0.1, -0.05) is 12.1 Å². The zero-order valence-electron chi connectivity index (χ0n) is 15.8. The SMILES string of the molecule is COC(=O)c1ccc(Nc2nccc(C(=O)Nc3cccc(C(C)=O)c3)n2)cc1. The summed E-state index contributed by atoms with van der Waals surface area (Å²) < 4.78 is 4.66. The molecular formula is C21H18N4O4. The normalized spacial score (nSPS) is 10.1. The number of esters is 1. The number of rotatable bonds is 6. The summed E-state index contributed by atoms with van der Waals surface area (Å²) >= 11 is 0. The van der Waals surface area contributed by atoms with E-state index in [2.05, 4.69) is 25.3 Å². The third-order valence-corrected chi connectivity index (χ3v) is 3.98. The molecule has 3 aromatic rings. The van der Waals surface area contributed by atoms with E-state index in [1.165, 1.54) is 26.3 Å².